The Bertz CT molecular complexity index is 739. The maximum absolute atomic E-state index is 12.8. The third kappa shape index (κ3) is 3.45. The van der Waals surface area contributed by atoms with Crippen molar-refractivity contribution in [1.29, 1.82) is 0 Å². The fraction of sp³-hybridized carbons (Fsp3) is 0.529. The number of carbonyl (C=O) groups excluding carboxylic acids is 1. The zero-order valence-corrected chi connectivity index (χ0v) is 15.4. The van der Waals surface area contributed by atoms with Crippen LogP contribution in [0.3, 0.4) is 0 Å². The molecule has 0 aliphatic carbocycles. The lowest BCUT2D eigenvalue weighted by Crippen LogP contribution is -2.42. The summed E-state index contributed by atoms with van der Waals surface area (Å²) >= 11 is 0. The van der Waals surface area contributed by atoms with E-state index in [0.717, 1.165) is 6.42 Å². The summed E-state index contributed by atoms with van der Waals surface area (Å²) in [6.45, 7) is 9.03. The number of fused-ring (bicyclic) bond motifs is 1. The van der Waals surface area contributed by atoms with Gasteiger partial charge in [0.25, 0.3) is 10.0 Å². The number of hydrogen-bond acceptors (Lipinski definition) is 4. The molecule has 1 heterocycles. The van der Waals surface area contributed by atoms with Crippen LogP contribution in [-0.4, -0.2) is 44.2 Å². The van der Waals surface area contributed by atoms with Gasteiger partial charge in [-0.3, -0.25) is 14.5 Å². The minimum absolute atomic E-state index is 0.0165. The molecule has 7 heteroatoms. The third-order valence-corrected chi connectivity index (χ3v) is 5.84. The molecule has 1 aliphatic heterocycles. The molecular formula is C17H25N3O3S. The number of carbonyl (C=O) groups is 1. The fourth-order valence-electron chi connectivity index (χ4n) is 2.74. The number of amidine groups is 1. The van der Waals surface area contributed by atoms with Crippen LogP contribution in [0.25, 0.3) is 0 Å². The fourth-order valence-corrected chi connectivity index (χ4v) is 3.98. The Labute approximate surface area is 144 Å². The molecule has 1 aromatic carbocycles. The van der Waals surface area contributed by atoms with Gasteiger partial charge in [0.15, 0.2) is 0 Å². The minimum atomic E-state index is -3.60. The summed E-state index contributed by atoms with van der Waals surface area (Å²) in [4.78, 5) is 19.3. The van der Waals surface area contributed by atoms with Crippen LogP contribution in [0.5, 0.6) is 0 Å². The van der Waals surface area contributed by atoms with Crippen LogP contribution in [0, 0.1) is 5.92 Å². The quantitative estimate of drug-likeness (QED) is 0.851. The van der Waals surface area contributed by atoms with Crippen molar-refractivity contribution in [3.05, 3.63) is 29.8 Å². The summed E-state index contributed by atoms with van der Waals surface area (Å²) < 4.78 is 26.9. The second-order valence-corrected chi connectivity index (χ2v) is 7.57. The molecule has 2 rings (SSSR count). The van der Waals surface area contributed by atoms with Crippen molar-refractivity contribution in [1.82, 2.24) is 9.62 Å². The van der Waals surface area contributed by atoms with Gasteiger partial charge in [-0.25, -0.2) is 8.42 Å². The Hall–Kier alpha value is -1.89. The van der Waals surface area contributed by atoms with Crippen molar-refractivity contribution >= 4 is 21.8 Å². The summed E-state index contributed by atoms with van der Waals surface area (Å²) in [7, 11) is -3.60. The lowest BCUT2D eigenvalue weighted by Gasteiger charge is -2.26. The van der Waals surface area contributed by atoms with Crippen LogP contribution in [0.4, 0.5) is 0 Å². The summed E-state index contributed by atoms with van der Waals surface area (Å²) in [5.41, 5.74) is 0.526. The van der Waals surface area contributed by atoms with E-state index in [4.69, 9.17) is 0 Å². The number of rotatable bonds is 6. The van der Waals surface area contributed by atoms with E-state index in [1.165, 1.54) is 0 Å². The first-order valence-corrected chi connectivity index (χ1v) is 9.82. The summed E-state index contributed by atoms with van der Waals surface area (Å²) in [5, 5.41) is 0. The first-order chi connectivity index (χ1) is 11.4. The summed E-state index contributed by atoms with van der Waals surface area (Å²) in [5.74, 6) is 0.213. The maximum atomic E-state index is 12.8. The van der Waals surface area contributed by atoms with E-state index in [-0.39, 0.29) is 22.6 Å². The molecule has 0 spiro atoms. The molecule has 0 fully saturated rings. The van der Waals surface area contributed by atoms with Gasteiger partial charge in [-0.2, -0.15) is 0 Å². The van der Waals surface area contributed by atoms with Gasteiger partial charge in [0.1, 0.15) is 11.9 Å². The van der Waals surface area contributed by atoms with E-state index in [2.05, 4.69) is 9.71 Å². The Morgan fingerprint density at radius 1 is 1.21 bits per heavy atom. The second kappa shape index (κ2) is 7.34. The van der Waals surface area contributed by atoms with Gasteiger partial charge in [0, 0.05) is 18.7 Å². The van der Waals surface area contributed by atoms with Crippen molar-refractivity contribution in [2.24, 2.45) is 10.9 Å². The number of amides is 1. The van der Waals surface area contributed by atoms with Crippen molar-refractivity contribution in [3.63, 3.8) is 0 Å². The number of aliphatic imine (C=N–C) groups is 1. The lowest BCUT2D eigenvalue weighted by atomic mass is 9.98. The van der Waals surface area contributed by atoms with Crippen LogP contribution < -0.4 is 4.72 Å². The molecule has 132 valence electrons. The summed E-state index contributed by atoms with van der Waals surface area (Å²) in [6, 6.07) is 6.10. The topological polar surface area (TPSA) is 78.8 Å². The number of hydrogen-bond donors (Lipinski definition) is 1. The van der Waals surface area contributed by atoms with Crippen molar-refractivity contribution in [2.75, 3.05) is 13.1 Å². The molecule has 1 aliphatic rings. The zero-order chi connectivity index (χ0) is 17.9. The van der Waals surface area contributed by atoms with Crippen LogP contribution in [0.1, 0.15) is 39.7 Å². The molecule has 0 saturated carbocycles. The van der Waals surface area contributed by atoms with Gasteiger partial charge in [0.2, 0.25) is 5.91 Å². The first-order valence-electron chi connectivity index (χ1n) is 8.34. The predicted octanol–water partition coefficient (Wildman–Crippen LogP) is 2.01. The Balaban J connectivity index is 2.47. The number of sulfonamides is 1. The molecule has 0 radical (unpaired) electrons. The van der Waals surface area contributed by atoms with Crippen LogP contribution in [0.2, 0.25) is 0 Å². The first kappa shape index (κ1) is 18.4. The van der Waals surface area contributed by atoms with Gasteiger partial charge in [-0.15, -0.1) is 0 Å². The Morgan fingerprint density at radius 2 is 1.83 bits per heavy atom. The molecule has 0 saturated heterocycles. The van der Waals surface area contributed by atoms with Crippen LogP contribution in [-0.2, 0) is 14.8 Å². The van der Waals surface area contributed by atoms with Crippen molar-refractivity contribution < 1.29 is 13.2 Å². The van der Waals surface area contributed by atoms with Gasteiger partial charge < -0.3 is 4.90 Å². The van der Waals surface area contributed by atoms with Gasteiger partial charge in [-0.05, 0) is 31.9 Å². The SMILES string of the molecule is CCC(C)C(N=C1NS(=O)(=O)c2ccccc21)C(=O)N(CC)CC. The highest BCUT2D eigenvalue weighted by molar-refractivity contribution is 7.90. The molecule has 1 N–H and O–H groups in total. The van der Waals surface area contributed by atoms with E-state index in [9.17, 15) is 13.2 Å². The Morgan fingerprint density at radius 3 is 2.42 bits per heavy atom. The molecule has 0 bridgehead atoms. The highest BCUT2D eigenvalue weighted by Crippen LogP contribution is 2.24. The van der Waals surface area contributed by atoms with E-state index < -0.39 is 16.1 Å². The van der Waals surface area contributed by atoms with Crippen LogP contribution >= 0.6 is 0 Å². The summed E-state index contributed by atoms with van der Waals surface area (Å²) in [6.07, 6.45) is 0.781. The number of benzene rings is 1. The standard InChI is InChI=1S/C17H25N3O3S/c1-5-12(4)15(17(21)20(6-2)7-3)18-16-13-10-8-9-11-14(13)24(22,23)19-16/h8-12,15H,5-7H2,1-4H3,(H,18,19). The zero-order valence-electron chi connectivity index (χ0n) is 14.6. The average molecular weight is 351 g/mol. The lowest BCUT2D eigenvalue weighted by molar-refractivity contribution is -0.133. The smallest absolute Gasteiger partial charge is 0.263 e. The van der Waals surface area contributed by atoms with E-state index in [1.54, 1.807) is 29.2 Å². The highest BCUT2D eigenvalue weighted by atomic mass is 32.2. The van der Waals surface area contributed by atoms with E-state index in [0.29, 0.717) is 18.7 Å². The number of likely N-dealkylation sites (N-methyl/N-ethyl adjacent to an activating group) is 1. The maximum Gasteiger partial charge on any atom is 0.263 e. The molecule has 1 aromatic rings. The van der Waals surface area contributed by atoms with E-state index in [1.807, 2.05) is 27.7 Å². The number of nitrogens with zero attached hydrogens (tertiary/aromatic N) is 2. The van der Waals surface area contributed by atoms with Gasteiger partial charge >= 0.3 is 0 Å². The molecule has 6 nitrogen and oxygen atoms in total. The predicted molar refractivity (Wildman–Crippen MR) is 94.5 cm³/mol. The molecule has 2 atom stereocenters. The molecule has 24 heavy (non-hydrogen) atoms. The average Bonchev–Trinajstić information content (AvgIpc) is 2.84. The third-order valence-electron chi connectivity index (χ3n) is 4.44. The minimum Gasteiger partial charge on any atom is -0.341 e. The molecule has 0 aromatic heterocycles. The molecule has 2 unspecified atom stereocenters. The molecule has 1 amide bonds. The van der Waals surface area contributed by atoms with Crippen molar-refractivity contribution in [3.8, 4) is 0 Å². The molecular weight excluding hydrogens is 326 g/mol. The highest BCUT2D eigenvalue weighted by Gasteiger charge is 2.33. The second-order valence-electron chi connectivity index (χ2n) is 5.92. The van der Waals surface area contributed by atoms with Crippen molar-refractivity contribution in [2.45, 2.75) is 45.1 Å². The number of nitrogens with one attached hydrogen (secondary N) is 1. The largest absolute Gasteiger partial charge is 0.341 e. The van der Waals surface area contributed by atoms with Gasteiger partial charge in [0.05, 0.1) is 4.90 Å². The monoisotopic (exact) mass is 351 g/mol. The normalized spacial score (nSPS) is 19.4. The van der Waals surface area contributed by atoms with E-state index >= 15 is 0 Å². The van der Waals surface area contributed by atoms with Crippen LogP contribution in [0.15, 0.2) is 34.2 Å². The Kier molecular flexibility index (Phi) is 5.64. The van der Waals surface area contributed by atoms with Gasteiger partial charge in [-0.1, -0.05) is 32.4 Å².